The number of hydrogen-bond donors (Lipinski definition) is 1. The van der Waals surface area contributed by atoms with Crippen LogP contribution in [-0.4, -0.2) is 46.5 Å². The maximum atomic E-state index is 13.2. The summed E-state index contributed by atoms with van der Waals surface area (Å²) in [5.74, 6) is 0.551. The standard InChI is InChI=1S/C26H28FN5O3/c1-17-14-21(10-11-22(17)32-13-3-5-24(32)33)28-26(34)19-4-2-12-31(15-19)16-23-29-25(30-35-23)18-6-8-20(27)9-7-18/h6-11,14,19H,2-5,12-13,15-16H2,1H3,(H,28,34). The molecule has 0 saturated carbocycles. The number of rotatable bonds is 6. The number of hydrogen-bond acceptors (Lipinski definition) is 6. The average molecular weight is 478 g/mol. The Kier molecular flexibility index (Phi) is 6.59. The van der Waals surface area contributed by atoms with E-state index in [0.717, 1.165) is 49.3 Å². The van der Waals surface area contributed by atoms with E-state index >= 15 is 0 Å². The van der Waals surface area contributed by atoms with Crippen molar-refractivity contribution in [2.75, 3.05) is 29.9 Å². The summed E-state index contributed by atoms with van der Waals surface area (Å²) < 4.78 is 18.5. The van der Waals surface area contributed by atoms with Gasteiger partial charge >= 0.3 is 0 Å². The molecule has 1 atom stereocenters. The SMILES string of the molecule is Cc1cc(NC(=O)C2CCCN(Cc3nc(-c4ccc(F)cc4)no3)C2)ccc1N1CCCC1=O. The molecule has 1 aromatic heterocycles. The highest BCUT2D eigenvalue weighted by Gasteiger charge is 2.28. The number of carbonyl (C=O) groups is 2. The number of carbonyl (C=O) groups excluding carboxylic acids is 2. The first-order chi connectivity index (χ1) is 17.0. The van der Waals surface area contributed by atoms with Crippen LogP contribution in [0.15, 0.2) is 47.0 Å². The van der Waals surface area contributed by atoms with Gasteiger partial charge in [0.1, 0.15) is 5.82 Å². The Bertz CT molecular complexity index is 1230. The van der Waals surface area contributed by atoms with E-state index in [2.05, 4.69) is 20.4 Å². The zero-order valence-corrected chi connectivity index (χ0v) is 19.7. The van der Waals surface area contributed by atoms with Gasteiger partial charge in [-0.25, -0.2) is 4.39 Å². The minimum Gasteiger partial charge on any atom is -0.338 e. The van der Waals surface area contributed by atoms with Crippen molar-refractivity contribution in [3.63, 3.8) is 0 Å². The third-order valence-corrected chi connectivity index (χ3v) is 6.63. The van der Waals surface area contributed by atoms with Crippen LogP contribution < -0.4 is 10.2 Å². The topological polar surface area (TPSA) is 91.6 Å². The molecule has 5 rings (SSSR count). The third kappa shape index (κ3) is 5.24. The van der Waals surface area contributed by atoms with E-state index < -0.39 is 0 Å². The molecular formula is C26H28FN5O3. The third-order valence-electron chi connectivity index (χ3n) is 6.63. The molecule has 2 fully saturated rings. The Morgan fingerprint density at radius 1 is 1.17 bits per heavy atom. The first kappa shape index (κ1) is 23.2. The highest BCUT2D eigenvalue weighted by atomic mass is 19.1. The Labute approximate surface area is 203 Å². The second-order valence-electron chi connectivity index (χ2n) is 9.23. The van der Waals surface area contributed by atoms with Crippen LogP contribution in [0.3, 0.4) is 0 Å². The summed E-state index contributed by atoms with van der Waals surface area (Å²) in [5.41, 5.74) is 3.30. The molecule has 0 spiro atoms. The number of piperidine rings is 1. The predicted molar refractivity (Wildman–Crippen MR) is 129 cm³/mol. The van der Waals surface area contributed by atoms with Crippen LogP contribution in [0.2, 0.25) is 0 Å². The monoisotopic (exact) mass is 477 g/mol. The second kappa shape index (κ2) is 9.95. The first-order valence-electron chi connectivity index (χ1n) is 12.0. The smallest absolute Gasteiger partial charge is 0.241 e. The molecule has 1 unspecified atom stereocenters. The molecule has 0 radical (unpaired) electrons. The van der Waals surface area contributed by atoms with Crippen molar-refractivity contribution < 1.29 is 18.5 Å². The summed E-state index contributed by atoms with van der Waals surface area (Å²) >= 11 is 0. The fourth-order valence-corrected chi connectivity index (χ4v) is 4.82. The lowest BCUT2D eigenvalue weighted by atomic mass is 9.97. The van der Waals surface area contributed by atoms with Crippen molar-refractivity contribution >= 4 is 23.2 Å². The number of likely N-dealkylation sites (tertiary alicyclic amines) is 1. The molecule has 8 nitrogen and oxygen atoms in total. The molecular weight excluding hydrogens is 449 g/mol. The van der Waals surface area contributed by atoms with E-state index in [9.17, 15) is 14.0 Å². The minimum atomic E-state index is -0.317. The van der Waals surface area contributed by atoms with Gasteiger partial charge in [-0.05, 0) is 80.8 Å². The van der Waals surface area contributed by atoms with E-state index in [1.807, 2.05) is 30.0 Å². The highest BCUT2D eigenvalue weighted by Crippen LogP contribution is 2.28. The number of nitrogens with zero attached hydrogens (tertiary/aromatic N) is 4. The number of halogens is 1. The number of aromatic nitrogens is 2. The molecule has 0 aliphatic carbocycles. The lowest BCUT2D eigenvalue weighted by Crippen LogP contribution is -2.40. The molecule has 1 N–H and O–H groups in total. The summed E-state index contributed by atoms with van der Waals surface area (Å²) in [4.78, 5) is 33.5. The summed E-state index contributed by atoms with van der Waals surface area (Å²) in [6.45, 7) is 4.60. The largest absolute Gasteiger partial charge is 0.338 e. The predicted octanol–water partition coefficient (Wildman–Crippen LogP) is 4.16. The normalized spacial score (nSPS) is 18.7. The molecule has 2 aliphatic rings. The van der Waals surface area contributed by atoms with Crippen LogP contribution in [0.5, 0.6) is 0 Å². The fraction of sp³-hybridized carbons (Fsp3) is 0.385. The van der Waals surface area contributed by atoms with Gasteiger partial charge in [-0.1, -0.05) is 5.16 Å². The average Bonchev–Trinajstić information content (AvgIpc) is 3.49. The van der Waals surface area contributed by atoms with E-state index in [1.165, 1.54) is 12.1 Å². The molecule has 2 aliphatic heterocycles. The van der Waals surface area contributed by atoms with Crippen LogP contribution in [0, 0.1) is 18.7 Å². The van der Waals surface area contributed by atoms with Crippen molar-refractivity contribution in [1.29, 1.82) is 0 Å². The number of nitrogens with one attached hydrogen (secondary N) is 1. The lowest BCUT2D eigenvalue weighted by molar-refractivity contribution is -0.121. The van der Waals surface area contributed by atoms with Gasteiger partial charge in [-0.2, -0.15) is 4.98 Å². The quantitative estimate of drug-likeness (QED) is 0.573. The molecule has 9 heteroatoms. The Hall–Kier alpha value is -3.59. The molecule has 2 saturated heterocycles. The van der Waals surface area contributed by atoms with Gasteiger partial charge in [-0.15, -0.1) is 0 Å². The molecule has 2 amide bonds. The second-order valence-corrected chi connectivity index (χ2v) is 9.23. The summed E-state index contributed by atoms with van der Waals surface area (Å²) in [6, 6.07) is 11.7. The maximum Gasteiger partial charge on any atom is 0.241 e. The number of benzene rings is 2. The van der Waals surface area contributed by atoms with Crippen LogP contribution in [-0.2, 0) is 16.1 Å². The van der Waals surface area contributed by atoms with Gasteiger partial charge in [0.15, 0.2) is 0 Å². The molecule has 0 bridgehead atoms. The Morgan fingerprint density at radius 2 is 2.00 bits per heavy atom. The summed E-state index contributed by atoms with van der Waals surface area (Å²) in [5, 5.41) is 7.05. The van der Waals surface area contributed by atoms with Crippen molar-refractivity contribution in [2.45, 2.75) is 39.2 Å². The first-order valence-corrected chi connectivity index (χ1v) is 12.0. The van der Waals surface area contributed by atoms with Gasteiger partial charge < -0.3 is 14.7 Å². The van der Waals surface area contributed by atoms with Crippen LogP contribution >= 0.6 is 0 Å². The van der Waals surface area contributed by atoms with Gasteiger partial charge in [0, 0.05) is 36.4 Å². The van der Waals surface area contributed by atoms with Gasteiger partial charge in [0.2, 0.25) is 23.5 Å². The summed E-state index contributed by atoms with van der Waals surface area (Å²) in [6.07, 6.45) is 3.18. The van der Waals surface area contributed by atoms with Gasteiger partial charge in [0.05, 0.1) is 12.5 Å². The molecule has 182 valence electrons. The van der Waals surface area contributed by atoms with Crippen molar-refractivity contribution in [2.24, 2.45) is 5.92 Å². The molecule has 3 heterocycles. The molecule has 3 aromatic rings. The van der Waals surface area contributed by atoms with Crippen LogP contribution in [0.4, 0.5) is 15.8 Å². The summed E-state index contributed by atoms with van der Waals surface area (Å²) in [7, 11) is 0. The van der Waals surface area contributed by atoms with Gasteiger partial charge in [-0.3, -0.25) is 14.5 Å². The zero-order valence-electron chi connectivity index (χ0n) is 19.7. The van der Waals surface area contributed by atoms with Crippen molar-refractivity contribution in [3.8, 4) is 11.4 Å². The number of aryl methyl sites for hydroxylation is 1. The maximum absolute atomic E-state index is 13.2. The van der Waals surface area contributed by atoms with Crippen LogP contribution in [0.1, 0.15) is 37.1 Å². The van der Waals surface area contributed by atoms with Gasteiger partial charge in [0.25, 0.3) is 0 Å². The lowest BCUT2D eigenvalue weighted by Gasteiger charge is -2.31. The van der Waals surface area contributed by atoms with Crippen molar-refractivity contribution in [3.05, 3.63) is 59.7 Å². The van der Waals surface area contributed by atoms with Crippen molar-refractivity contribution in [1.82, 2.24) is 15.0 Å². The van der Waals surface area contributed by atoms with E-state index in [-0.39, 0.29) is 23.5 Å². The zero-order chi connectivity index (χ0) is 24.4. The Balaban J connectivity index is 1.18. The van der Waals surface area contributed by atoms with Crippen LogP contribution in [0.25, 0.3) is 11.4 Å². The van der Waals surface area contributed by atoms with E-state index in [4.69, 9.17) is 4.52 Å². The number of anilines is 2. The van der Waals surface area contributed by atoms with E-state index in [1.54, 1.807) is 12.1 Å². The minimum absolute atomic E-state index is 0.0170. The fourth-order valence-electron chi connectivity index (χ4n) is 4.82. The van der Waals surface area contributed by atoms with E-state index in [0.29, 0.717) is 36.8 Å². The highest BCUT2D eigenvalue weighted by molar-refractivity contribution is 5.97. The molecule has 2 aromatic carbocycles. The number of amides is 2. The Morgan fingerprint density at radius 3 is 2.74 bits per heavy atom. The molecule has 35 heavy (non-hydrogen) atoms.